The number of nitrogens with zero attached hydrogens (tertiary/aromatic N) is 1. The minimum Gasteiger partial charge on any atom is -0.355 e. The van der Waals surface area contributed by atoms with E-state index in [2.05, 4.69) is 10.6 Å². The molecule has 2 N–H and O–H groups in total. The number of non-ortho nitro benzene ring substituents is 1. The number of nitrogens with one attached hydrogen (secondary N) is 2. The van der Waals surface area contributed by atoms with Crippen LogP contribution >= 0.6 is 0 Å². The van der Waals surface area contributed by atoms with Crippen LogP contribution in [-0.4, -0.2) is 29.3 Å². The molecule has 0 spiro atoms. The van der Waals surface area contributed by atoms with Gasteiger partial charge < -0.3 is 10.6 Å². The summed E-state index contributed by atoms with van der Waals surface area (Å²) in [5, 5.41) is 15.6. The highest BCUT2D eigenvalue weighted by Crippen LogP contribution is 2.11. The molecule has 0 saturated carbocycles. The first kappa shape index (κ1) is 14.6. The van der Waals surface area contributed by atoms with Gasteiger partial charge in [-0.15, -0.1) is 0 Å². The van der Waals surface area contributed by atoms with E-state index >= 15 is 0 Å². The zero-order valence-electron chi connectivity index (χ0n) is 10.7. The number of likely N-dealkylation sites (N-methyl/N-ethyl adjacent to an activating group) is 1. The van der Waals surface area contributed by atoms with Gasteiger partial charge in [0.05, 0.1) is 4.92 Å². The Hall–Kier alpha value is -2.44. The molecule has 0 aromatic heterocycles. The number of amides is 2. The van der Waals surface area contributed by atoms with Crippen LogP contribution in [0.5, 0.6) is 0 Å². The Morgan fingerprint density at radius 1 is 1.32 bits per heavy atom. The molecule has 1 aromatic carbocycles. The van der Waals surface area contributed by atoms with Crippen molar-refractivity contribution in [2.45, 2.75) is 19.9 Å². The Morgan fingerprint density at radius 3 is 2.37 bits per heavy atom. The van der Waals surface area contributed by atoms with Crippen LogP contribution in [0.15, 0.2) is 24.3 Å². The zero-order chi connectivity index (χ0) is 14.4. The highest BCUT2D eigenvalue weighted by atomic mass is 16.6. The summed E-state index contributed by atoms with van der Waals surface area (Å²) < 4.78 is 0. The van der Waals surface area contributed by atoms with Crippen molar-refractivity contribution in [3.8, 4) is 0 Å². The van der Waals surface area contributed by atoms with Crippen molar-refractivity contribution in [2.75, 3.05) is 6.54 Å². The van der Waals surface area contributed by atoms with Gasteiger partial charge in [0.15, 0.2) is 0 Å². The molecule has 0 radical (unpaired) electrons. The predicted molar refractivity (Wildman–Crippen MR) is 68.7 cm³/mol. The summed E-state index contributed by atoms with van der Waals surface area (Å²) in [6, 6.07) is 4.51. The second-order valence-corrected chi connectivity index (χ2v) is 3.89. The molecule has 0 aliphatic heterocycles. The minimum atomic E-state index is -0.664. The molecule has 0 heterocycles. The Bertz CT molecular complexity index is 484. The van der Waals surface area contributed by atoms with Crippen LogP contribution in [0.4, 0.5) is 5.69 Å². The number of hydrogen-bond donors (Lipinski definition) is 2. The van der Waals surface area contributed by atoms with Crippen LogP contribution < -0.4 is 10.6 Å². The van der Waals surface area contributed by atoms with Crippen LogP contribution in [0.1, 0.15) is 24.2 Å². The van der Waals surface area contributed by atoms with Gasteiger partial charge in [0.2, 0.25) is 5.91 Å². The molecule has 19 heavy (non-hydrogen) atoms. The fourth-order valence-electron chi connectivity index (χ4n) is 1.41. The molecule has 1 atom stereocenters. The Balaban J connectivity index is 2.68. The number of hydrogen-bond acceptors (Lipinski definition) is 4. The van der Waals surface area contributed by atoms with E-state index in [1.807, 2.05) is 0 Å². The minimum absolute atomic E-state index is 0.0895. The van der Waals surface area contributed by atoms with Gasteiger partial charge in [-0.1, -0.05) is 0 Å². The van der Waals surface area contributed by atoms with Crippen molar-refractivity contribution < 1.29 is 14.5 Å². The maximum Gasteiger partial charge on any atom is 0.269 e. The van der Waals surface area contributed by atoms with Crippen LogP contribution in [0.25, 0.3) is 0 Å². The average Bonchev–Trinajstić information content (AvgIpc) is 2.38. The third-order valence-electron chi connectivity index (χ3n) is 2.43. The van der Waals surface area contributed by atoms with E-state index in [1.165, 1.54) is 24.3 Å². The first-order chi connectivity index (χ1) is 8.95. The van der Waals surface area contributed by atoms with Gasteiger partial charge >= 0.3 is 0 Å². The second-order valence-electron chi connectivity index (χ2n) is 3.89. The number of nitro groups is 1. The van der Waals surface area contributed by atoms with E-state index < -0.39 is 16.9 Å². The fraction of sp³-hybridized carbons (Fsp3) is 0.333. The average molecular weight is 265 g/mol. The lowest BCUT2D eigenvalue weighted by atomic mass is 10.2. The molecular weight excluding hydrogens is 250 g/mol. The maximum absolute atomic E-state index is 11.8. The molecule has 1 rings (SSSR count). The standard InChI is InChI=1S/C12H15N3O4/c1-3-13-11(16)8(2)14-12(17)9-4-6-10(7-5-9)15(18)19/h4-8H,3H2,1-2H3,(H,13,16)(H,14,17)/t8-/m0/s1. The van der Waals surface area contributed by atoms with Gasteiger partial charge in [-0.25, -0.2) is 0 Å². The summed E-state index contributed by atoms with van der Waals surface area (Å²) in [6.07, 6.45) is 0. The Morgan fingerprint density at radius 2 is 1.89 bits per heavy atom. The summed E-state index contributed by atoms with van der Waals surface area (Å²) in [6.45, 7) is 3.83. The van der Waals surface area contributed by atoms with E-state index in [0.717, 1.165) is 0 Å². The molecule has 2 amide bonds. The van der Waals surface area contributed by atoms with Crippen LogP contribution in [0.2, 0.25) is 0 Å². The van der Waals surface area contributed by atoms with Gasteiger partial charge in [0, 0.05) is 24.2 Å². The van der Waals surface area contributed by atoms with Crippen molar-refractivity contribution in [2.24, 2.45) is 0 Å². The summed E-state index contributed by atoms with van der Waals surface area (Å²) in [5.41, 5.74) is 0.176. The van der Waals surface area contributed by atoms with Gasteiger partial charge in [0.25, 0.3) is 11.6 Å². The van der Waals surface area contributed by atoms with E-state index in [9.17, 15) is 19.7 Å². The van der Waals surface area contributed by atoms with Crippen LogP contribution in [0.3, 0.4) is 0 Å². The van der Waals surface area contributed by atoms with E-state index in [0.29, 0.717) is 6.54 Å². The van der Waals surface area contributed by atoms with Crippen molar-refractivity contribution in [3.05, 3.63) is 39.9 Å². The van der Waals surface area contributed by atoms with Gasteiger partial charge in [0.1, 0.15) is 6.04 Å². The van der Waals surface area contributed by atoms with E-state index in [4.69, 9.17) is 0 Å². The van der Waals surface area contributed by atoms with E-state index in [-0.39, 0.29) is 17.2 Å². The molecule has 7 heteroatoms. The van der Waals surface area contributed by atoms with Crippen LogP contribution in [0, 0.1) is 10.1 Å². The number of carbonyl (C=O) groups excluding carboxylic acids is 2. The first-order valence-corrected chi connectivity index (χ1v) is 5.78. The normalized spacial score (nSPS) is 11.5. The molecule has 102 valence electrons. The number of carbonyl (C=O) groups is 2. The van der Waals surface area contributed by atoms with Crippen molar-refractivity contribution in [3.63, 3.8) is 0 Å². The lowest BCUT2D eigenvalue weighted by Gasteiger charge is -2.13. The summed E-state index contributed by atoms with van der Waals surface area (Å²) in [5.74, 6) is -0.730. The lowest BCUT2D eigenvalue weighted by molar-refractivity contribution is -0.384. The van der Waals surface area contributed by atoms with Gasteiger partial charge in [-0.05, 0) is 26.0 Å². The third kappa shape index (κ3) is 4.06. The molecular formula is C12H15N3O4. The molecule has 0 aliphatic rings. The summed E-state index contributed by atoms with van der Waals surface area (Å²) in [7, 11) is 0. The molecule has 0 aliphatic carbocycles. The monoisotopic (exact) mass is 265 g/mol. The molecule has 7 nitrogen and oxygen atoms in total. The van der Waals surface area contributed by atoms with Crippen molar-refractivity contribution in [1.82, 2.24) is 10.6 Å². The number of benzene rings is 1. The second kappa shape index (κ2) is 6.48. The summed E-state index contributed by atoms with van der Waals surface area (Å²) >= 11 is 0. The zero-order valence-corrected chi connectivity index (χ0v) is 10.7. The summed E-state index contributed by atoms with van der Waals surface area (Å²) in [4.78, 5) is 33.2. The molecule has 0 bridgehead atoms. The van der Waals surface area contributed by atoms with Crippen molar-refractivity contribution >= 4 is 17.5 Å². The van der Waals surface area contributed by atoms with Gasteiger partial charge in [-0.3, -0.25) is 19.7 Å². The molecule has 0 unspecified atom stereocenters. The smallest absolute Gasteiger partial charge is 0.269 e. The Kier molecular flexibility index (Phi) is 4.99. The lowest BCUT2D eigenvalue weighted by Crippen LogP contribution is -2.44. The first-order valence-electron chi connectivity index (χ1n) is 5.78. The number of nitro benzene ring substituents is 1. The molecule has 0 saturated heterocycles. The van der Waals surface area contributed by atoms with Gasteiger partial charge in [-0.2, -0.15) is 0 Å². The van der Waals surface area contributed by atoms with Crippen molar-refractivity contribution in [1.29, 1.82) is 0 Å². The highest BCUT2D eigenvalue weighted by molar-refractivity contribution is 5.97. The quantitative estimate of drug-likeness (QED) is 0.608. The van der Waals surface area contributed by atoms with Crippen LogP contribution in [-0.2, 0) is 4.79 Å². The molecule has 0 fully saturated rings. The number of rotatable bonds is 5. The Labute approximate surface area is 110 Å². The predicted octanol–water partition coefficient (Wildman–Crippen LogP) is 0.849. The fourth-order valence-corrected chi connectivity index (χ4v) is 1.41. The molecule has 1 aromatic rings. The topological polar surface area (TPSA) is 101 Å². The highest BCUT2D eigenvalue weighted by Gasteiger charge is 2.16. The maximum atomic E-state index is 11.8. The van der Waals surface area contributed by atoms with E-state index in [1.54, 1.807) is 13.8 Å². The SMILES string of the molecule is CCNC(=O)[C@H](C)NC(=O)c1ccc([N+](=O)[O-])cc1. The third-order valence-corrected chi connectivity index (χ3v) is 2.43. The largest absolute Gasteiger partial charge is 0.355 e.